The van der Waals surface area contributed by atoms with Crippen molar-refractivity contribution in [3.05, 3.63) is 158 Å². The number of para-hydroxylation sites is 2. The molecular formula is C48H26BNO2S. The maximum absolute atomic E-state index is 6.58. The molecule has 0 unspecified atom stereocenters. The van der Waals surface area contributed by atoms with Gasteiger partial charge in [0.25, 0.3) is 0 Å². The molecule has 0 bridgehead atoms. The van der Waals surface area contributed by atoms with Crippen molar-refractivity contribution in [2.75, 3.05) is 4.90 Å². The van der Waals surface area contributed by atoms with E-state index >= 15 is 0 Å². The van der Waals surface area contributed by atoms with Crippen molar-refractivity contribution in [3.63, 3.8) is 0 Å². The molecule has 0 saturated carbocycles. The van der Waals surface area contributed by atoms with Gasteiger partial charge in [-0.25, -0.2) is 0 Å². The van der Waals surface area contributed by atoms with Gasteiger partial charge in [0.15, 0.2) is 0 Å². The Morgan fingerprint density at radius 2 is 1.11 bits per heavy atom. The molecule has 0 aliphatic carbocycles. The summed E-state index contributed by atoms with van der Waals surface area (Å²) in [4.78, 5) is 2.46. The third kappa shape index (κ3) is 3.69. The summed E-state index contributed by atoms with van der Waals surface area (Å²) in [6.45, 7) is 0.0876. The lowest BCUT2D eigenvalue weighted by Crippen LogP contribution is -2.54. The first-order valence-corrected chi connectivity index (χ1v) is 18.9. The van der Waals surface area contributed by atoms with Crippen LogP contribution in [0.5, 0.6) is 0 Å². The van der Waals surface area contributed by atoms with Crippen molar-refractivity contribution in [1.82, 2.24) is 0 Å². The zero-order chi connectivity index (χ0) is 34.4. The number of benzene rings is 8. The second kappa shape index (κ2) is 10.1. The molecule has 0 spiro atoms. The van der Waals surface area contributed by atoms with Gasteiger partial charge in [-0.05, 0) is 75.6 Å². The Labute approximate surface area is 308 Å². The third-order valence-corrected chi connectivity index (χ3v) is 12.9. The molecule has 0 saturated heterocycles. The van der Waals surface area contributed by atoms with Crippen molar-refractivity contribution in [1.29, 1.82) is 0 Å². The van der Waals surface area contributed by atoms with Crippen LogP contribution in [0.1, 0.15) is 0 Å². The number of rotatable bonds is 2. The Kier molecular flexibility index (Phi) is 5.33. The van der Waals surface area contributed by atoms with Crippen molar-refractivity contribution in [3.8, 4) is 22.3 Å². The summed E-state index contributed by atoms with van der Waals surface area (Å²) in [5, 5.41) is 7.16. The van der Waals surface area contributed by atoms with Crippen LogP contribution >= 0.6 is 11.3 Å². The van der Waals surface area contributed by atoms with Gasteiger partial charge in [-0.2, -0.15) is 0 Å². The molecule has 5 heteroatoms. The highest BCUT2D eigenvalue weighted by atomic mass is 32.1. The van der Waals surface area contributed by atoms with Crippen LogP contribution in [0.3, 0.4) is 0 Å². The smallest absolute Gasteiger partial charge is 0.248 e. The molecule has 0 atom stereocenters. The second-order valence-corrected chi connectivity index (χ2v) is 15.4. The van der Waals surface area contributed by atoms with E-state index in [9.17, 15) is 0 Å². The minimum absolute atomic E-state index is 0.0876. The largest absolute Gasteiger partial charge is 0.456 e. The molecule has 0 radical (unpaired) electrons. The van der Waals surface area contributed by atoms with E-state index < -0.39 is 0 Å². The summed E-state index contributed by atoms with van der Waals surface area (Å²) in [7, 11) is 0. The highest BCUT2D eigenvalue weighted by molar-refractivity contribution is 7.26. The lowest BCUT2D eigenvalue weighted by atomic mass is 9.37. The summed E-state index contributed by atoms with van der Waals surface area (Å²) < 4.78 is 15.7. The number of fused-ring (bicyclic) bond motifs is 14. The highest BCUT2D eigenvalue weighted by Crippen LogP contribution is 2.47. The molecular weight excluding hydrogens is 665 g/mol. The number of thiophene rings is 1. The van der Waals surface area contributed by atoms with Crippen LogP contribution in [0.25, 0.3) is 86.3 Å². The zero-order valence-electron chi connectivity index (χ0n) is 28.3. The maximum Gasteiger partial charge on any atom is 0.248 e. The first-order chi connectivity index (χ1) is 26.3. The van der Waals surface area contributed by atoms with Gasteiger partial charge >= 0.3 is 0 Å². The quantitative estimate of drug-likeness (QED) is 0.169. The van der Waals surface area contributed by atoms with Crippen LogP contribution in [0, 0.1) is 0 Å². The second-order valence-electron chi connectivity index (χ2n) is 14.4. The third-order valence-electron chi connectivity index (χ3n) is 11.7. The Balaban J connectivity index is 1.15. The number of hydrogen-bond donors (Lipinski definition) is 0. The molecule has 13 rings (SSSR count). The molecule has 3 aromatic heterocycles. The Morgan fingerprint density at radius 3 is 1.98 bits per heavy atom. The summed E-state index contributed by atoms with van der Waals surface area (Å²) in [6.07, 6.45) is 0. The molecule has 244 valence electrons. The molecule has 3 nitrogen and oxygen atoms in total. The average molecular weight is 692 g/mol. The topological polar surface area (TPSA) is 29.5 Å². The minimum atomic E-state index is 0.0876. The van der Waals surface area contributed by atoms with E-state index in [1.807, 2.05) is 23.5 Å². The Morgan fingerprint density at radius 1 is 0.434 bits per heavy atom. The van der Waals surface area contributed by atoms with E-state index in [0.29, 0.717) is 0 Å². The molecule has 0 fully saturated rings. The molecule has 11 aromatic rings. The van der Waals surface area contributed by atoms with Crippen LogP contribution in [0.15, 0.2) is 167 Å². The van der Waals surface area contributed by atoms with E-state index in [1.165, 1.54) is 64.5 Å². The molecule has 8 aromatic carbocycles. The van der Waals surface area contributed by atoms with Gasteiger partial charge in [0.05, 0.1) is 0 Å². The molecule has 0 amide bonds. The van der Waals surface area contributed by atoms with Crippen molar-refractivity contribution < 1.29 is 8.83 Å². The van der Waals surface area contributed by atoms with Gasteiger partial charge in [-0.1, -0.05) is 109 Å². The summed E-state index contributed by atoms with van der Waals surface area (Å²) in [5.74, 6) is 0. The monoisotopic (exact) mass is 691 g/mol. The number of anilines is 3. The van der Waals surface area contributed by atoms with Crippen LogP contribution in [-0.4, -0.2) is 6.71 Å². The Bertz CT molecular complexity index is 3390. The van der Waals surface area contributed by atoms with Gasteiger partial charge < -0.3 is 13.7 Å². The standard InChI is InChI=1S/C48H26BNO2S/c1-5-16-38-30(10-1)37-22-27(29-14-9-15-35-34-13-4-8-19-46(34)53-48(29)35)23-41-47(37)49(38)39-25-36-32-12-3-7-18-43(32)52-45(36)26-40(39)50(41)28-20-21-33-31-11-2-6-17-42(31)51-44(33)24-28/h1-26H. The van der Waals surface area contributed by atoms with Gasteiger partial charge in [-0.15, -0.1) is 11.3 Å². The van der Waals surface area contributed by atoms with Crippen molar-refractivity contribution in [2.24, 2.45) is 0 Å². The fourth-order valence-corrected chi connectivity index (χ4v) is 10.7. The first-order valence-electron chi connectivity index (χ1n) is 18.1. The molecule has 5 heterocycles. The lowest BCUT2D eigenvalue weighted by molar-refractivity contribution is 0.669. The fraction of sp³-hybridized carbons (Fsp3) is 0. The zero-order valence-corrected chi connectivity index (χ0v) is 29.1. The molecule has 2 aliphatic heterocycles. The van der Waals surface area contributed by atoms with E-state index in [-0.39, 0.29) is 6.71 Å². The predicted molar refractivity (Wildman–Crippen MR) is 224 cm³/mol. The Hall–Kier alpha value is -6.56. The number of hydrogen-bond acceptors (Lipinski definition) is 4. The summed E-state index contributed by atoms with van der Waals surface area (Å²) in [6, 6.07) is 57.5. The maximum atomic E-state index is 6.58. The lowest BCUT2D eigenvalue weighted by Gasteiger charge is -2.36. The van der Waals surface area contributed by atoms with E-state index in [0.717, 1.165) is 55.3 Å². The SMILES string of the molecule is c1ccc2c(c1)B1c3cc4c(cc3N(c3ccc5c(c3)oc3ccccc35)c3cc(-c5cccc6c5sc5ccccc56)cc-2c31)oc1ccccc14. The van der Waals surface area contributed by atoms with Gasteiger partial charge in [0.1, 0.15) is 22.3 Å². The van der Waals surface area contributed by atoms with E-state index in [2.05, 4.69) is 150 Å². The number of nitrogens with zero attached hydrogens (tertiary/aromatic N) is 1. The average Bonchev–Trinajstić information content (AvgIpc) is 3.96. The van der Waals surface area contributed by atoms with Crippen molar-refractivity contribution >= 4 is 116 Å². The van der Waals surface area contributed by atoms with Crippen LogP contribution in [0.4, 0.5) is 17.1 Å². The molecule has 0 N–H and O–H groups in total. The van der Waals surface area contributed by atoms with Crippen molar-refractivity contribution in [2.45, 2.75) is 0 Å². The fourth-order valence-electron chi connectivity index (χ4n) is 9.42. The van der Waals surface area contributed by atoms with Crippen LogP contribution < -0.4 is 21.3 Å². The summed E-state index contributed by atoms with van der Waals surface area (Å²) in [5.41, 5.74) is 16.0. The molecule has 2 aliphatic rings. The number of furan rings is 2. The van der Waals surface area contributed by atoms with Gasteiger partial charge in [0, 0.05) is 70.9 Å². The van der Waals surface area contributed by atoms with Crippen LogP contribution in [-0.2, 0) is 0 Å². The van der Waals surface area contributed by atoms with E-state index in [4.69, 9.17) is 8.83 Å². The van der Waals surface area contributed by atoms with Gasteiger partial charge in [-0.3, -0.25) is 0 Å². The highest BCUT2D eigenvalue weighted by Gasteiger charge is 2.43. The normalized spacial score (nSPS) is 13.2. The van der Waals surface area contributed by atoms with Crippen LogP contribution in [0.2, 0.25) is 0 Å². The predicted octanol–water partition coefficient (Wildman–Crippen LogP) is 11.8. The first kappa shape index (κ1) is 28.1. The van der Waals surface area contributed by atoms with Gasteiger partial charge in [0.2, 0.25) is 6.71 Å². The summed E-state index contributed by atoms with van der Waals surface area (Å²) >= 11 is 1.88. The minimum Gasteiger partial charge on any atom is -0.456 e. The van der Waals surface area contributed by atoms with E-state index in [1.54, 1.807) is 0 Å². The molecule has 53 heavy (non-hydrogen) atoms.